The summed E-state index contributed by atoms with van der Waals surface area (Å²) >= 11 is 0. The number of hydrogen-bond acceptors (Lipinski definition) is 3. The zero-order chi connectivity index (χ0) is 10.7. The number of nitrogens with one attached hydrogen (secondary N) is 1. The minimum atomic E-state index is 0.413. The van der Waals surface area contributed by atoms with E-state index in [2.05, 4.69) is 21.3 Å². The summed E-state index contributed by atoms with van der Waals surface area (Å²) in [4.78, 5) is 4.17. The normalized spacial score (nSPS) is 21.5. The molecule has 2 rings (SSSR count). The van der Waals surface area contributed by atoms with E-state index in [1.807, 2.05) is 19.3 Å². The average molecular weight is 201 g/mol. The van der Waals surface area contributed by atoms with E-state index in [1.165, 1.54) is 12.0 Å². The highest BCUT2D eigenvalue weighted by molar-refractivity contribution is 5.33. The molecule has 0 aromatic carbocycles. The summed E-state index contributed by atoms with van der Waals surface area (Å²) < 4.78 is 0. The second-order valence-electron chi connectivity index (χ2n) is 3.73. The highest BCUT2D eigenvalue weighted by atomic mass is 15.5. The Morgan fingerprint density at radius 2 is 2.47 bits per heavy atom. The Morgan fingerprint density at radius 3 is 3.20 bits per heavy atom. The number of pyridine rings is 1. The van der Waals surface area contributed by atoms with Crippen molar-refractivity contribution in [1.82, 2.24) is 15.4 Å². The zero-order valence-corrected chi connectivity index (χ0v) is 8.90. The quantitative estimate of drug-likeness (QED) is 0.732. The van der Waals surface area contributed by atoms with Crippen LogP contribution in [0.15, 0.2) is 18.5 Å². The standard InChI is InChI=1S/C12H15N3/c1-3-10-7-11(9-14-8-10)12-5-4-6-15(12)13-2/h1,7-9,12-13H,4-6H2,2H3/t12-/m0/s1. The summed E-state index contributed by atoms with van der Waals surface area (Å²) in [7, 11) is 1.96. The van der Waals surface area contributed by atoms with E-state index in [1.54, 1.807) is 6.20 Å². The van der Waals surface area contributed by atoms with Crippen LogP contribution in [-0.2, 0) is 0 Å². The van der Waals surface area contributed by atoms with E-state index in [4.69, 9.17) is 6.42 Å². The Kier molecular flexibility index (Phi) is 3.00. The van der Waals surface area contributed by atoms with E-state index < -0.39 is 0 Å². The van der Waals surface area contributed by atoms with Crippen LogP contribution in [0.2, 0.25) is 0 Å². The van der Waals surface area contributed by atoms with E-state index in [0.717, 1.165) is 18.5 Å². The van der Waals surface area contributed by atoms with Crippen molar-refractivity contribution in [3.63, 3.8) is 0 Å². The van der Waals surface area contributed by atoms with Gasteiger partial charge in [0.2, 0.25) is 0 Å². The monoisotopic (exact) mass is 201 g/mol. The van der Waals surface area contributed by atoms with Crippen molar-refractivity contribution >= 4 is 0 Å². The van der Waals surface area contributed by atoms with Crippen molar-refractivity contribution in [2.45, 2.75) is 18.9 Å². The van der Waals surface area contributed by atoms with Crippen molar-refractivity contribution in [3.8, 4) is 12.3 Å². The molecule has 1 aromatic rings. The molecule has 1 N–H and O–H groups in total. The first-order chi connectivity index (χ1) is 7.35. The molecular weight excluding hydrogens is 186 g/mol. The molecule has 1 saturated heterocycles. The van der Waals surface area contributed by atoms with Crippen LogP contribution in [0.25, 0.3) is 0 Å². The van der Waals surface area contributed by atoms with Crippen LogP contribution in [0.1, 0.15) is 30.0 Å². The van der Waals surface area contributed by atoms with Gasteiger partial charge in [0.25, 0.3) is 0 Å². The number of hydrazine groups is 1. The lowest BCUT2D eigenvalue weighted by Gasteiger charge is -2.23. The summed E-state index contributed by atoms with van der Waals surface area (Å²) in [5, 5.41) is 2.23. The highest BCUT2D eigenvalue weighted by Gasteiger charge is 2.24. The number of rotatable bonds is 2. The Hall–Kier alpha value is -1.37. The number of hydrogen-bond donors (Lipinski definition) is 1. The Balaban J connectivity index is 2.25. The maximum atomic E-state index is 5.37. The largest absolute Gasteiger partial charge is 0.263 e. The smallest absolute Gasteiger partial charge is 0.0508 e. The molecule has 1 aliphatic rings. The van der Waals surface area contributed by atoms with Crippen LogP contribution in [0.4, 0.5) is 0 Å². The van der Waals surface area contributed by atoms with Gasteiger partial charge in [0, 0.05) is 24.5 Å². The average Bonchev–Trinajstić information content (AvgIpc) is 2.77. The zero-order valence-electron chi connectivity index (χ0n) is 8.90. The molecule has 0 unspecified atom stereocenters. The lowest BCUT2D eigenvalue weighted by atomic mass is 10.1. The fourth-order valence-corrected chi connectivity index (χ4v) is 2.10. The molecule has 78 valence electrons. The van der Waals surface area contributed by atoms with Gasteiger partial charge in [-0.2, -0.15) is 0 Å². The third-order valence-electron chi connectivity index (χ3n) is 2.85. The van der Waals surface area contributed by atoms with Crippen molar-refractivity contribution < 1.29 is 0 Å². The lowest BCUT2D eigenvalue weighted by Crippen LogP contribution is -2.34. The van der Waals surface area contributed by atoms with Crippen LogP contribution >= 0.6 is 0 Å². The third-order valence-corrected chi connectivity index (χ3v) is 2.85. The maximum Gasteiger partial charge on any atom is 0.0508 e. The molecule has 0 aliphatic carbocycles. The lowest BCUT2D eigenvalue weighted by molar-refractivity contribution is 0.190. The molecule has 0 spiro atoms. The number of aromatic nitrogens is 1. The second kappa shape index (κ2) is 4.43. The molecule has 0 radical (unpaired) electrons. The predicted octanol–water partition coefficient (Wildman–Crippen LogP) is 1.33. The first-order valence-electron chi connectivity index (χ1n) is 5.20. The molecule has 2 heterocycles. The van der Waals surface area contributed by atoms with Gasteiger partial charge >= 0.3 is 0 Å². The summed E-state index contributed by atoms with van der Waals surface area (Å²) in [6, 6.07) is 2.46. The van der Waals surface area contributed by atoms with Crippen molar-refractivity contribution in [2.24, 2.45) is 0 Å². The minimum Gasteiger partial charge on any atom is -0.263 e. The molecule has 3 heteroatoms. The SMILES string of the molecule is C#Cc1cncc([C@@H]2CCCN2NC)c1. The summed E-state index contributed by atoms with van der Waals surface area (Å²) in [6.07, 6.45) is 11.4. The van der Waals surface area contributed by atoms with Crippen molar-refractivity contribution in [2.75, 3.05) is 13.6 Å². The molecule has 0 saturated carbocycles. The summed E-state index contributed by atoms with van der Waals surface area (Å²) in [5.41, 5.74) is 5.27. The van der Waals surface area contributed by atoms with Gasteiger partial charge in [0.15, 0.2) is 0 Å². The first-order valence-corrected chi connectivity index (χ1v) is 5.20. The van der Waals surface area contributed by atoms with E-state index >= 15 is 0 Å². The van der Waals surface area contributed by atoms with Gasteiger partial charge in [-0.05, 0) is 31.5 Å². The molecule has 1 aromatic heterocycles. The predicted molar refractivity (Wildman–Crippen MR) is 59.9 cm³/mol. The van der Waals surface area contributed by atoms with Gasteiger partial charge in [0.1, 0.15) is 0 Å². The van der Waals surface area contributed by atoms with E-state index in [-0.39, 0.29) is 0 Å². The van der Waals surface area contributed by atoms with Gasteiger partial charge in [-0.25, -0.2) is 5.01 Å². The molecule has 0 bridgehead atoms. The fraction of sp³-hybridized carbons (Fsp3) is 0.417. The van der Waals surface area contributed by atoms with Crippen LogP contribution in [0.5, 0.6) is 0 Å². The molecule has 1 fully saturated rings. The minimum absolute atomic E-state index is 0.413. The highest BCUT2D eigenvalue weighted by Crippen LogP contribution is 2.29. The fourth-order valence-electron chi connectivity index (χ4n) is 2.10. The van der Waals surface area contributed by atoms with Crippen LogP contribution < -0.4 is 5.43 Å². The molecular formula is C12H15N3. The van der Waals surface area contributed by atoms with Crippen LogP contribution in [0.3, 0.4) is 0 Å². The van der Waals surface area contributed by atoms with Crippen LogP contribution in [0, 0.1) is 12.3 Å². The van der Waals surface area contributed by atoms with Gasteiger partial charge in [-0.1, -0.05) is 5.92 Å². The molecule has 1 atom stereocenters. The molecule has 3 nitrogen and oxygen atoms in total. The van der Waals surface area contributed by atoms with Gasteiger partial charge in [-0.15, -0.1) is 6.42 Å². The van der Waals surface area contributed by atoms with Gasteiger partial charge in [-0.3, -0.25) is 10.4 Å². The first kappa shape index (κ1) is 10.2. The van der Waals surface area contributed by atoms with Gasteiger partial charge < -0.3 is 0 Å². The van der Waals surface area contributed by atoms with E-state index in [9.17, 15) is 0 Å². The maximum absolute atomic E-state index is 5.37. The Morgan fingerprint density at radius 1 is 1.60 bits per heavy atom. The number of nitrogens with zero attached hydrogens (tertiary/aromatic N) is 2. The summed E-state index contributed by atoms with van der Waals surface area (Å²) in [5.74, 6) is 2.62. The Bertz CT molecular complexity index is 381. The van der Waals surface area contributed by atoms with Crippen molar-refractivity contribution in [1.29, 1.82) is 0 Å². The van der Waals surface area contributed by atoms with Crippen molar-refractivity contribution in [3.05, 3.63) is 29.6 Å². The Labute approximate surface area is 90.5 Å². The molecule has 0 amide bonds. The molecule has 15 heavy (non-hydrogen) atoms. The topological polar surface area (TPSA) is 28.2 Å². The van der Waals surface area contributed by atoms with Gasteiger partial charge in [0.05, 0.1) is 6.04 Å². The summed E-state index contributed by atoms with van der Waals surface area (Å²) in [6.45, 7) is 1.08. The molecule has 1 aliphatic heterocycles. The van der Waals surface area contributed by atoms with Crippen LogP contribution in [-0.4, -0.2) is 23.6 Å². The second-order valence-corrected chi connectivity index (χ2v) is 3.73. The third kappa shape index (κ3) is 2.01. The number of terminal acetylenes is 1. The van der Waals surface area contributed by atoms with E-state index in [0.29, 0.717) is 6.04 Å².